The molecule has 1 saturated heterocycles. The summed E-state index contributed by atoms with van der Waals surface area (Å²) in [6.45, 7) is 2.86. The zero-order chi connectivity index (χ0) is 19.7. The molecule has 4 rings (SSSR count). The molecule has 0 unspecified atom stereocenters. The number of benzene rings is 1. The average molecular weight is 438 g/mol. The van der Waals surface area contributed by atoms with Crippen LogP contribution in [-0.4, -0.2) is 35.3 Å². The van der Waals surface area contributed by atoms with Gasteiger partial charge >= 0.3 is 0 Å². The quantitative estimate of drug-likeness (QED) is 0.545. The van der Waals surface area contributed by atoms with E-state index in [0.717, 1.165) is 18.4 Å². The standard InChI is InChI=1S/C19H17Cl2N3O3S/c1-11-7-16(23-27-11)18(25)24(9-13-3-2-6-26-13)19-22-17(10-28-19)14-5-4-12(20)8-15(14)21/h4-5,7-8,10,13H,2-3,6,9H2,1H3/t13-/m0/s1. The van der Waals surface area contributed by atoms with Gasteiger partial charge in [0.2, 0.25) is 0 Å². The van der Waals surface area contributed by atoms with Crippen molar-refractivity contribution in [3.63, 3.8) is 0 Å². The van der Waals surface area contributed by atoms with Crippen LogP contribution < -0.4 is 4.90 Å². The molecule has 3 aromatic rings. The van der Waals surface area contributed by atoms with Gasteiger partial charge in [0, 0.05) is 28.6 Å². The third-order valence-electron chi connectivity index (χ3n) is 4.43. The fraction of sp³-hybridized carbons (Fsp3) is 0.316. The number of carbonyl (C=O) groups is 1. The Kier molecular flexibility index (Phi) is 5.68. The predicted molar refractivity (Wildman–Crippen MR) is 109 cm³/mol. The molecule has 0 radical (unpaired) electrons. The van der Waals surface area contributed by atoms with E-state index in [1.54, 1.807) is 30.0 Å². The Balaban J connectivity index is 1.66. The lowest BCUT2D eigenvalue weighted by Crippen LogP contribution is -2.37. The lowest BCUT2D eigenvalue weighted by Gasteiger charge is -2.22. The van der Waals surface area contributed by atoms with Gasteiger partial charge in [-0.2, -0.15) is 0 Å². The van der Waals surface area contributed by atoms with E-state index in [9.17, 15) is 4.79 Å². The van der Waals surface area contributed by atoms with E-state index in [-0.39, 0.29) is 17.7 Å². The van der Waals surface area contributed by atoms with Gasteiger partial charge in [0.05, 0.1) is 23.4 Å². The van der Waals surface area contributed by atoms with Gasteiger partial charge in [-0.05, 0) is 38.0 Å². The van der Waals surface area contributed by atoms with Gasteiger partial charge in [0.1, 0.15) is 5.76 Å². The smallest absolute Gasteiger partial charge is 0.282 e. The van der Waals surface area contributed by atoms with Crippen molar-refractivity contribution in [1.82, 2.24) is 10.1 Å². The highest BCUT2D eigenvalue weighted by atomic mass is 35.5. The van der Waals surface area contributed by atoms with Crippen molar-refractivity contribution in [3.05, 3.63) is 51.1 Å². The van der Waals surface area contributed by atoms with Crippen molar-refractivity contribution < 1.29 is 14.1 Å². The maximum absolute atomic E-state index is 13.1. The van der Waals surface area contributed by atoms with Crippen LogP contribution in [0.15, 0.2) is 34.2 Å². The molecule has 0 saturated carbocycles. The summed E-state index contributed by atoms with van der Waals surface area (Å²) in [6.07, 6.45) is 1.87. The SMILES string of the molecule is Cc1cc(C(=O)N(C[C@@H]2CCCO2)c2nc(-c3ccc(Cl)cc3Cl)cs2)no1. The van der Waals surface area contributed by atoms with Crippen LogP contribution in [0.4, 0.5) is 5.13 Å². The van der Waals surface area contributed by atoms with Crippen molar-refractivity contribution >= 4 is 45.6 Å². The Bertz CT molecular complexity index is 998. The van der Waals surface area contributed by atoms with Crippen LogP contribution in [0.25, 0.3) is 11.3 Å². The molecule has 9 heteroatoms. The summed E-state index contributed by atoms with van der Waals surface area (Å²) < 4.78 is 10.8. The molecule has 0 aliphatic carbocycles. The summed E-state index contributed by atoms with van der Waals surface area (Å²) in [4.78, 5) is 19.3. The number of anilines is 1. The van der Waals surface area contributed by atoms with E-state index in [1.165, 1.54) is 11.3 Å². The van der Waals surface area contributed by atoms with Crippen molar-refractivity contribution in [1.29, 1.82) is 0 Å². The summed E-state index contributed by atoms with van der Waals surface area (Å²) in [6, 6.07) is 6.87. The summed E-state index contributed by atoms with van der Waals surface area (Å²) in [7, 11) is 0. The average Bonchev–Trinajstić information content (AvgIpc) is 3.41. The highest BCUT2D eigenvalue weighted by Gasteiger charge is 2.28. The van der Waals surface area contributed by atoms with Crippen LogP contribution >= 0.6 is 34.5 Å². The summed E-state index contributed by atoms with van der Waals surface area (Å²) in [5, 5.41) is 7.35. The number of rotatable bonds is 5. The number of hydrogen-bond donors (Lipinski definition) is 0. The van der Waals surface area contributed by atoms with Gasteiger partial charge in [-0.3, -0.25) is 9.69 Å². The van der Waals surface area contributed by atoms with Crippen molar-refractivity contribution in [2.45, 2.75) is 25.9 Å². The highest BCUT2D eigenvalue weighted by molar-refractivity contribution is 7.14. The second-order valence-corrected chi connectivity index (χ2v) is 8.19. The van der Waals surface area contributed by atoms with E-state index in [2.05, 4.69) is 10.1 Å². The molecule has 1 atom stereocenters. The number of hydrogen-bond acceptors (Lipinski definition) is 6. The van der Waals surface area contributed by atoms with Crippen molar-refractivity contribution in [3.8, 4) is 11.3 Å². The first-order valence-electron chi connectivity index (χ1n) is 8.79. The van der Waals surface area contributed by atoms with Crippen LogP contribution in [0.2, 0.25) is 10.0 Å². The van der Waals surface area contributed by atoms with E-state index in [1.807, 2.05) is 11.4 Å². The minimum absolute atomic E-state index is 0.0246. The molecule has 1 amide bonds. The third kappa shape index (κ3) is 4.07. The van der Waals surface area contributed by atoms with Gasteiger partial charge in [0.25, 0.3) is 5.91 Å². The molecule has 0 bridgehead atoms. The lowest BCUT2D eigenvalue weighted by atomic mass is 10.2. The van der Waals surface area contributed by atoms with Crippen molar-refractivity contribution in [2.75, 3.05) is 18.1 Å². The van der Waals surface area contributed by atoms with E-state index in [0.29, 0.717) is 39.8 Å². The van der Waals surface area contributed by atoms with Crippen LogP contribution in [-0.2, 0) is 4.74 Å². The Morgan fingerprint density at radius 2 is 2.21 bits per heavy atom. The molecule has 2 aromatic heterocycles. The van der Waals surface area contributed by atoms with E-state index >= 15 is 0 Å². The van der Waals surface area contributed by atoms with Crippen LogP contribution in [0.3, 0.4) is 0 Å². The van der Waals surface area contributed by atoms with Crippen LogP contribution in [0.5, 0.6) is 0 Å². The zero-order valence-electron chi connectivity index (χ0n) is 15.0. The Morgan fingerprint density at radius 3 is 2.89 bits per heavy atom. The highest BCUT2D eigenvalue weighted by Crippen LogP contribution is 2.34. The monoisotopic (exact) mass is 437 g/mol. The minimum atomic E-state index is -0.268. The molecule has 28 heavy (non-hydrogen) atoms. The van der Waals surface area contributed by atoms with E-state index < -0.39 is 0 Å². The van der Waals surface area contributed by atoms with Gasteiger partial charge in [-0.1, -0.05) is 28.4 Å². The summed E-state index contributed by atoms with van der Waals surface area (Å²) >= 11 is 13.7. The third-order valence-corrected chi connectivity index (χ3v) is 5.84. The lowest BCUT2D eigenvalue weighted by molar-refractivity contribution is 0.0910. The number of aromatic nitrogens is 2. The number of nitrogens with zero attached hydrogens (tertiary/aromatic N) is 3. The number of ether oxygens (including phenoxy) is 1. The normalized spacial score (nSPS) is 16.5. The molecule has 0 spiro atoms. The predicted octanol–water partition coefficient (Wildman–Crippen LogP) is 5.24. The molecule has 3 heterocycles. The van der Waals surface area contributed by atoms with E-state index in [4.69, 9.17) is 32.5 Å². The number of thiazole rings is 1. The first-order valence-corrected chi connectivity index (χ1v) is 10.4. The molecule has 1 aliphatic heterocycles. The zero-order valence-corrected chi connectivity index (χ0v) is 17.4. The van der Waals surface area contributed by atoms with Crippen molar-refractivity contribution in [2.24, 2.45) is 0 Å². The maximum Gasteiger partial charge on any atom is 0.282 e. The van der Waals surface area contributed by atoms with Crippen LogP contribution in [0, 0.1) is 6.92 Å². The molecule has 146 valence electrons. The molecular weight excluding hydrogens is 421 g/mol. The second-order valence-electron chi connectivity index (χ2n) is 6.51. The van der Waals surface area contributed by atoms with Gasteiger partial charge in [-0.25, -0.2) is 4.98 Å². The molecular formula is C19H17Cl2N3O3S. The number of aryl methyl sites for hydroxylation is 1. The first kappa shape index (κ1) is 19.4. The molecule has 6 nitrogen and oxygen atoms in total. The summed E-state index contributed by atoms with van der Waals surface area (Å²) in [5.41, 5.74) is 1.69. The fourth-order valence-corrected chi connectivity index (χ4v) is 4.39. The topological polar surface area (TPSA) is 68.5 Å². The summed E-state index contributed by atoms with van der Waals surface area (Å²) in [5.74, 6) is 0.309. The molecule has 1 aromatic carbocycles. The Labute approximate surface area is 176 Å². The van der Waals surface area contributed by atoms with Gasteiger partial charge in [-0.15, -0.1) is 11.3 Å². The maximum atomic E-state index is 13.1. The number of amides is 1. The molecule has 1 aliphatic rings. The number of carbonyl (C=O) groups excluding carboxylic acids is 1. The first-order chi connectivity index (χ1) is 13.5. The fourth-order valence-electron chi connectivity index (χ4n) is 3.05. The Morgan fingerprint density at radius 1 is 1.36 bits per heavy atom. The van der Waals surface area contributed by atoms with Gasteiger partial charge < -0.3 is 9.26 Å². The second kappa shape index (κ2) is 8.21. The Hall–Kier alpha value is -1.93. The molecule has 1 fully saturated rings. The van der Waals surface area contributed by atoms with Crippen LogP contribution in [0.1, 0.15) is 29.1 Å². The largest absolute Gasteiger partial charge is 0.376 e. The number of halogens is 2. The molecule has 0 N–H and O–H groups in total. The minimum Gasteiger partial charge on any atom is -0.376 e. The van der Waals surface area contributed by atoms with Gasteiger partial charge in [0.15, 0.2) is 10.8 Å².